The third-order valence-electron chi connectivity index (χ3n) is 6.48. The van der Waals surface area contributed by atoms with Crippen LogP contribution in [0.2, 0.25) is 0 Å². The van der Waals surface area contributed by atoms with Crippen molar-refractivity contribution in [2.45, 2.75) is 24.9 Å². The van der Waals surface area contributed by atoms with Crippen LogP contribution in [-0.4, -0.2) is 74.9 Å². The SMILES string of the molecule is CNc1nc(NC2CCN(C3COC3)CC2)nn2ccc(-c3ccc4ncccc4n3)c12. The van der Waals surface area contributed by atoms with Crippen LogP contribution in [0.4, 0.5) is 11.8 Å². The van der Waals surface area contributed by atoms with Crippen LogP contribution in [0.25, 0.3) is 27.8 Å². The highest BCUT2D eigenvalue weighted by atomic mass is 16.5. The Morgan fingerprint density at radius 2 is 1.91 bits per heavy atom. The van der Waals surface area contributed by atoms with E-state index in [4.69, 9.17) is 19.8 Å². The van der Waals surface area contributed by atoms with Gasteiger partial charge >= 0.3 is 0 Å². The number of pyridine rings is 2. The van der Waals surface area contributed by atoms with Gasteiger partial charge in [-0.25, -0.2) is 9.50 Å². The number of nitrogens with one attached hydrogen (secondary N) is 2. The number of piperidine rings is 1. The Morgan fingerprint density at radius 3 is 2.69 bits per heavy atom. The second-order valence-corrected chi connectivity index (χ2v) is 8.44. The summed E-state index contributed by atoms with van der Waals surface area (Å²) in [5, 5.41) is 11.5. The van der Waals surface area contributed by atoms with Crippen LogP contribution in [0, 0.1) is 0 Å². The van der Waals surface area contributed by atoms with E-state index < -0.39 is 0 Å². The average Bonchev–Trinajstić information content (AvgIpc) is 3.22. The maximum absolute atomic E-state index is 5.34. The third kappa shape index (κ3) is 3.43. The first kappa shape index (κ1) is 19.4. The zero-order valence-corrected chi connectivity index (χ0v) is 18.0. The summed E-state index contributed by atoms with van der Waals surface area (Å²) in [6.45, 7) is 3.93. The molecule has 32 heavy (non-hydrogen) atoms. The number of aromatic nitrogens is 5. The van der Waals surface area contributed by atoms with Gasteiger partial charge in [0.05, 0.1) is 36.0 Å². The maximum atomic E-state index is 5.34. The van der Waals surface area contributed by atoms with Gasteiger partial charge in [-0.15, -0.1) is 5.10 Å². The van der Waals surface area contributed by atoms with E-state index in [1.807, 2.05) is 48.1 Å². The van der Waals surface area contributed by atoms with Crippen molar-refractivity contribution in [1.29, 1.82) is 0 Å². The lowest BCUT2D eigenvalue weighted by molar-refractivity contribution is -0.0705. The van der Waals surface area contributed by atoms with Crippen molar-refractivity contribution in [3.05, 3.63) is 42.7 Å². The van der Waals surface area contributed by atoms with E-state index in [1.54, 1.807) is 6.20 Å². The van der Waals surface area contributed by atoms with Gasteiger partial charge < -0.3 is 15.4 Å². The molecule has 6 rings (SSSR count). The number of nitrogens with zero attached hydrogens (tertiary/aromatic N) is 6. The van der Waals surface area contributed by atoms with E-state index in [-0.39, 0.29) is 0 Å². The molecule has 0 aromatic carbocycles. The Hall–Kier alpha value is -3.30. The molecule has 0 saturated carbocycles. The van der Waals surface area contributed by atoms with Gasteiger partial charge in [-0.1, -0.05) is 0 Å². The van der Waals surface area contributed by atoms with Gasteiger partial charge in [-0.2, -0.15) is 4.98 Å². The molecule has 2 saturated heterocycles. The Balaban J connectivity index is 1.27. The van der Waals surface area contributed by atoms with Crippen molar-refractivity contribution < 1.29 is 4.74 Å². The van der Waals surface area contributed by atoms with E-state index in [1.165, 1.54) is 0 Å². The number of fused-ring (bicyclic) bond motifs is 2. The predicted molar refractivity (Wildman–Crippen MR) is 124 cm³/mol. The van der Waals surface area contributed by atoms with Crippen LogP contribution in [0.3, 0.4) is 0 Å². The lowest BCUT2D eigenvalue weighted by atomic mass is 10.0. The Bertz CT molecular complexity index is 1260. The van der Waals surface area contributed by atoms with Gasteiger partial charge in [0, 0.05) is 44.1 Å². The highest BCUT2D eigenvalue weighted by Crippen LogP contribution is 2.30. The van der Waals surface area contributed by atoms with Gasteiger partial charge in [0.25, 0.3) is 0 Å². The first-order chi connectivity index (χ1) is 15.8. The lowest BCUT2D eigenvalue weighted by Crippen LogP contribution is -2.53. The van der Waals surface area contributed by atoms with Gasteiger partial charge in [-0.3, -0.25) is 9.88 Å². The van der Waals surface area contributed by atoms with E-state index in [2.05, 4.69) is 20.5 Å². The largest absolute Gasteiger partial charge is 0.378 e. The summed E-state index contributed by atoms with van der Waals surface area (Å²) in [6.07, 6.45) is 5.91. The highest BCUT2D eigenvalue weighted by Gasteiger charge is 2.30. The molecule has 6 heterocycles. The van der Waals surface area contributed by atoms with E-state index >= 15 is 0 Å². The molecule has 2 aliphatic heterocycles. The van der Waals surface area contributed by atoms with Crippen LogP contribution in [0.1, 0.15) is 12.8 Å². The fourth-order valence-corrected chi connectivity index (χ4v) is 4.60. The second-order valence-electron chi connectivity index (χ2n) is 8.44. The topological polar surface area (TPSA) is 92.5 Å². The molecule has 164 valence electrons. The molecule has 0 unspecified atom stereocenters. The first-order valence-electron chi connectivity index (χ1n) is 11.2. The minimum atomic E-state index is 0.374. The second kappa shape index (κ2) is 7.99. The van der Waals surface area contributed by atoms with Crippen LogP contribution >= 0.6 is 0 Å². The zero-order valence-electron chi connectivity index (χ0n) is 18.0. The summed E-state index contributed by atoms with van der Waals surface area (Å²) in [5.74, 6) is 1.42. The molecule has 0 radical (unpaired) electrons. The lowest BCUT2D eigenvalue weighted by Gasteiger charge is -2.41. The molecule has 4 aromatic rings. The molecule has 2 aliphatic rings. The van der Waals surface area contributed by atoms with Crippen molar-refractivity contribution >= 4 is 28.3 Å². The third-order valence-corrected chi connectivity index (χ3v) is 6.48. The number of anilines is 2. The summed E-state index contributed by atoms with van der Waals surface area (Å²) in [5.41, 5.74) is 4.53. The van der Waals surface area contributed by atoms with Crippen molar-refractivity contribution in [2.24, 2.45) is 0 Å². The minimum absolute atomic E-state index is 0.374. The summed E-state index contributed by atoms with van der Waals surface area (Å²) < 4.78 is 7.22. The van der Waals surface area contributed by atoms with Crippen LogP contribution < -0.4 is 10.6 Å². The van der Waals surface area contributed by atoms with Crippen LogP contribution in [0.15, 0.2) is 42.7 Å². The summed E-state index contributed by atoms with van der Waals surface area (Å²) in [6, 6.07) is 10.9. The molecule has 9 nitrogen and oxygen atoms in total. The van der Waals surface area contributed by atoms with Gasteiger partial charge in [0.15, 0.2) is 5.82 Å². The molecule has 2 N–H and O–H groups in total. The maximum Gasteiger partial charge on any atom is 0.243 e. The predicted octanol–water partition coefficient (Wildman–Crippen LogP) is 2.66. The molecule has 0 atom stereocenters. The average molecular weight is 431 g/mol. The van der Waals surface area contributed by atoms with Gasteiger partial charge in [0.1, 0.15) is 5.52 Å². The van der Waals surface area contributed by atoms with Crippen LogP contribution in [-0.2, 0) is 4.74 Å². The Kier molecular flexibility index (Phi) is 4.84. The molecule has 0 aliphatic carbocycles. The number of likely N-dealkylation sites (tertiary alicyclic amines) is 1. The number of rotatable bonds is 5. The van der Waals surface area contributed by atoms with E-state index in [9.17, 15) is 0 Å². The molecule has 0 amide bonds. The number of ether oxygens (including phenoxy) is 1. The fraction of sp³-hybridized carbons (Fsp3) is 0.391. The number of hydrogen-bond acceptors (Lipinski definition) is 8. The molecular weight excluding hydrogens is 404 g/mol. The highest BCUT2D eigenvalue weighted by molar-refractivity contribution is 5.89. The first-order valence-corrected chi connectivity index (χ1v) is 11.2. The fourth-order valence-electron chi connectivity index (χ4n) is 4.60. The van der Waals surface area contributed by atoms with Crippen molar-refractivity contribution in [2.75, 3.05) is 44.0 Å². The number of hydrogen-bond donors (Lipinski definition) is 2. The zero-order chi connectivity index (χ0) is 21.5. The molecule has 9 heteroatoms. The quantitative estimate of drug-likeness (QED) is 0.499. The van der Waals surface area contributed by atoms with Gasteiger partial charge in [-0.05, 0) is 43.2 Å². The van der Waals surface area contributed by atoms with E-state index in [0.29, 0.717) is 18.0 Å². The summed E-state index contributed by atoms with van der Waals surface area (Å²) >= 11 is 0. The van der Waals surface area contributed by atoms with Crippen molar-refractivity contribution in [3.8, 4) is 11.3 Å². The molecule has 4 aromatic heterocycles. The standard InChI is InChI=1S/C23H26N8O/c1-24-22-21-17(18-4-5-19-20(27-18)3-2-9-25-19)8-12-31(21)29-23(28-22)26-15-6-10-30(11-7-15)16-13-32-14-16/h2-5,8-9,12,15-16H,6-7,10-11,13-14H2,1H3,(H2,24,26,28,29). The monoisotopic (exact) mass is 430 g/mol. The van der Waals surface area contributed by atoms with Crippen LogP contribution in [0.5, 0.6) is 0 Å². The summed E-state index contributed by atoms with van der Waals surface area (Å²) in [4.78, 5) is 16.5. The minimum Gasteiger partial charge on any atom is -0.378 e. The van der Waals surface area contributed by atoms with Crippen molar-refractivity contribution in [1.82, 2.24) is 29.5 Å². The molecule has 2 fully saturated rings. The summed E-state index contributed by atoms with van der Waals surface area (Å²) in [7, 11) is 1.89. The van der Waals surface area contributed by atoms with Crippen molar-refractivity contribution in [3.63, 3.8) is 0 Å². The molecular formula is C23H26N8O. The molecule has 0 bridgehead atoms. The molecule has 0 spiro atoms. The van der Waals surface area contributed by atoms with Gasteiger partial charge in [0.2, 0.25) is 5.95 Å². The smallest absolute Gasteiger partial charge is 0.243 e. The Morgan fingerprint density at radius 1 is 1.03 bits per heavy atom. The Labute approximate surface area is 185 Å². The normalized spacial score (nSPS) is 18.2. The van der Waals surface area contributed by atoms with E-state index in [0.717, 1.165) is 72.8 Å².